The zero-order valence-corrected chi connectivity index (χ0v) is 18.1. The molecular formula is C27H25NO3. The zero-order valence-electron chi connectivity index (χ0n) is 18.1. The highest BCUT2D eigenvalue weighted by Gasteiger charge is 2.24. The van der Waals surface area contributed by atoms with E-state index < -0.39 is 0 Å². The molecule has 0 atom stereocenters. The lowest BCUT2D eigenvalue weighted by molar-refractivity contribution is 0.289. The number of rotatable bonds is 3. The van der Waals surface area contributed by atoms with Crippen molar-refractivity contribution in [2.75, 3.05) is 11.6 Å². The van der Waals surface area contributed by atoms with Crippen molar-refractivity contribution >= 4 is 16.7 Å². The predicted octanol–water partition coefficient (Wildman–Crippen LogP) is 5.67. The van der Waals surface area contributed by atoms with Crippen LogP contribution < -0.4 is 15.3 Å². The summed E-state index contributed by atoms with van der Waals surface area (Å²) in [6, 6.07) is 20.4. The number of fused-ring (bicyclic) bond motifs is 3. The Morgan fingerprint density at radius 3 is 2.52 bits per heavy atom. The maximum absolute atomic E-state index is 13.0. The second-order valence-corrected chi connectivity index (χ2v) is 8.31. The van der Waals surface area contributed by atoms with E-state index in [-0.39, 0.29) is 5.63 Å². The molecule has 4 nitrogen and oxygen atoms in total. The monoisotopic (exact) mass is 411 g/mol. The molecule has 0 fully saturated rings. The molecule has 0 radical (unpaired) electrons. The van der Waals surface area contributed by atoms with Crippen molar-refractivity contribution in [1.29, 1.82) is 0 Å². The molecule has 5 rings (SSSR count). The average Bonchev–Trinajstić information content (AvgIpc) is 2.79. The van der Waals surface area contributed by atoms with E-state index in [2.05, 4.69) is 36.9 Å². The fourth-order valence-electron chi connectivity index (χ4n) is 4.25. The van der Waals surface area contributed by atoms with Gasteiger partial charge in [0.05, 0.1) is 12.1 Å². The average molecular weight is 412 g/mol. The minimum absolute atomic E-state index is 0.273. The van der Waals surface area contributed by atoms with E-state index in [9.17, 15) is 4.79 Å². The normalized spacial score (nSPS) is 13.2. The first-order chi connectivity index (χ1) is 15.0. The Bertz CT molecular complexity index is 1340. The number of anilines is 1. The molecule has 1 aliphatic heterocycles. The van der Waals surface area contributed by atoms with Crippen molar-refractivity contribution in [2.45, 2.75) is 33.7 Å². The predicted molar refractivity (Wildman–Crippen MR) is 124 cm³/mol. The van der Waals surface area contributed by atoms with Gasteiger partial charge in [0.25, 0.3) is 0 Å². The first-order valence-electron chi connectivity index (χ1n) is 10.6. The molecule has 31 heavy (non-hydrogen) atoms. The summed E-state index contributed by atoms with van der Waals surface area (Å²) >= 11 is 0. The SMILES string of the molecule is Cc1ccc(N2COc3ccc4c(C)c(Cc5ccccc5)c(=O)oc4c3C2)cc1C. The minimum Gasteiger partial charge on any atom is -0.473 e. The topological polar surface area (TPSA) is 42.7 Å². The van der Waals surface area contributed by atoms with Crippen LogP contribution in [0.15, 0.2) is 69.9 Å². The lowest BCUT2D eigenvalue weighted by Crippen LogP contribution is -2.32. The lowest BCUT2D eigenvalue weighted by Gasteiger charge is -2.31. The Morgan fingerprint density at radius 2 is 1.74 bits per heavy atom. The van der Waals surface area contributed by atoms with E-state index >= 15 is 0 Å². The van der Waals surface area contributed by atoms with Gasteiger partial charge in [-0.25, -0.2) is 4.79 Å². The fourth-order valence-corrected chi connectivity index (χ4v) is 4.25. The van der Waals surface area contributed by atoms with Crippen LogP contribution in [0.5, 0.6) is 5.75 Å². The third kappa shape index (κ3) is 3.48. The lowest BCUT2D eigenvalue weighted by atomic mass is 9.97. The summed E-state index contributed by atoms with van der Waals surface area (Å²) in [6.07, 6.45) is 0.563. The maximum atomic E-state index is 13.0. The van der Waals surface area contributed by atoms with Crippen LogP contribution in [0.3, 0.4) is 0 Å². The van der Waals surface area contributed by atoms with Gasteiger partial charge in [0, 0.05) is 23.1 Å². The fraction of sp³-hybridized carbons (Fsp3) is 0.222. The summed E-state index contributed by atoms with van der Waals surface area (Å²) in [5.41, 5.74) is 7.67. The molecular weight excluding hydrogens is 386 g/mol. The molecule has 0 aliphatic carbocycles. The van der Waals surface area contributed by atoms with Gasteiger partial charge in [-0.05, 0) is 67.3 Å². The van der Waals surface area contributed by atoms with Crippen LogP contribution in [0.4, 0.5) is 5.69 Å². The van der Waals surface area contributed by atoms with Crippen molar-refractivity contribution in [3.8, 4) is 5.75 Å². The Kier molecular flexibility index (Phi) is 4.78. The molecule has 0 saturated heterocycles. The molecule has 0 unspecified atom stereocenters. The second kappa shape index (κ2) is 7.62. The summed E-state index contributed by atoms with van der Waals surface area (Å²) in [5, 5.41) is 0.967. The summed E-state index contributed by atoms with van der Waals surface area (Å²) in [6.45, 7) is 7.34. The van der Waals surface area contributed by atoms with Gasteiger partial charge in [-0.3, -0.25) is 0 Å². The summed E-state index contributed by atoms with van der Waals surface area (Å²) in [4.78, 5) is 15.1. The minimum atomic E-state index is -0.273. The summed E-state index contributed by atoms with van der Waals surface area (Å²) in [5.74, 6) is 0.783. The molecule has 3 aromatic carbocycles. The molecule has 156 valence electrons. The van der Waals surface area contributed by atoms with Gasteiger partial charge in [0.2, 0.25) is 0 Å². The van der Waals surface area contributed by atoms with Gasteiger partial charge < -0.3 is 14.1 Å². The van der Waals surface area contributed by atoms with Crippen molar-refractivity contribution in [1.82, 2.24) is 0 Å². The maximum Gasteiger partial charge on any atom is 0.340 e. The van der Waals surface area contributed by atoms with Gasteiger partial charge in [-0.2, -0.15) is 0 Å². The van der Waals surface area contributed by atoms with E-state index in [0.29, 0.717) is 30.8 Å². The van der Waals surface area contributed by atoms with E-state index in [1.165, 1.54) is 11.1 Å². The molecule has 2 heterocycles. The number of aryl methyl sites for hydroxylation is 3. The molecule has 0 spiro atoms. The quantitative estimate of drug-likeness (QED) is 0.408. The molecule has 0 saturated carbocycles. The van der Waals surface area contributed by atoms with Gasteiger partial charge in [-0.1, -0.05) is 36.4 Å². The molecule has 0 amide bonds. The summed E-state index contributed by atoms with van der Waals surface area (Å²) in [7, 11) is 0. The first-order valence-corrected chi connectivity index (χ1v) is 10.6. The van der Waals surface area contributed by atoms with Crippen molar-refractivity contribution in [3.63, 3.8) is 0 Å². The highest BCUT2D eigenvalue weighted by Crippen LogP contribution is 2.35. The number of hydrogen-bond donors (Lipinski definition) is 0. The Morgan fingerprint density at radius 1 is 0.935 bits per heavy atom. The van der Waals surface area contributed by atoms with Gasteiger partial charge in [0.1, 0.15) is 11.3 Å². The third-order valence-electron chi connectivity index (χ3n) is 6.32. The van der Waals surface area contributed by atoms with Crippen LogP contribution in [-0.2, 0) is 13.0 Å². The van der Waals surface area contributed by atoms with Crippen LogP contribution in [0.25, 0.3) is 11.0 Å². The summed E-state index contributed by atoms with van der Waals surface area (Å²) < 4.78 is 11.9. The number of ether oxygens (including phenoxy) is 1. The molecule has 0 bridgehead atoms. The van der Waals surface area contributed by atoms with Gasteiger partial charge in [0.15, 0.2) is 6.73 Å². The Hall–Kier alpha value is -3.53. The molecule has 1 aliphatic rings. The van der Waals surface area contributed by atoms with Crippen molar-refractivity contribution in [3.05, 3.63) is 104 Å². The van der Waals surface area contributed by atoms with Crippen LogP contribution in [0, 0.1) is 20.8 Å². The molecule has 1 aromatic heterocycles. The second-order valence-electron chi connectivity index (χ2n) is 8.31. The smallest absolute Gasteiger partial charge is 0.340 e. The first kappa shape index (κ1) is 19.4. The number of benzene rings is 3. The highest BCUT2D eigenvalue weighted by molar-refractivity contribution is 5.86. The third-order valence-corrected chi connectivity index (χ3v) is 6.32. The van der Waals surface area contributed by atoms with Crippen molar-refractivity contribution < 1.29 is 9.15 Å². The van der Waals surface area contributed by atoms with E-state index in [1.54, 1.807) is 0 Å². The van der Waals surface area contributed by atoms with E-state index in [1.807, 2.05) is 49.4 Å². The molecule has 0 N–H and O–H groups in total. The van der Waals surface area contributed by atoms with E-state index in [4.69, 9.17) is 9.15 Å². The van der Waals surface area contributed by atoms with Gasteiger partial charge >= 0.3 is 5.63 Å². The van der Waals surface area contributed by atoms with Gasteiger partial charge in [-0.15, -0.1) is 0 Å². The Labute approximate surface area is 181 Å². The zero-order chi connectivity index (χ0) is 21.5. The molecule has 4 aromatic rings. The Balaban J connectivity index is 1.57. The highest BCUT2D eigenvalue weighted by atomic mass is 16.5. The van der Waals surface area contributed by atoms with Crippen LogP contribution >= 0.6 is 0 Å². The van der Waals surface area contributed by atoms with Crippen LogP contribution in [0.2, 0.25) is 0 Å². The molecule has 4 heteroatoms. The van der Waals surface area contributed by atoms with Crippen molar-refractivity contribution in [2.24, 2.45) is 0 Å². The van der Waals surface area contributed by atoms with Crippen LogP contribution in [0.1, 0.15) is 33.4 Å². The largest absolute Gasteiger partial charge is 0.473 e. The number of hydrogen-bond acceptors (Lipinski definition) is 4. The van der Waals surface area contributed by atoms with E-state index in [0.717, 1.165) is 33.5 Å². The standard InChI is InChI=1S/C27H25NO3/c1-17-9-10-21(13-18(17)2)28-15-24-25(30-16-28)12-11-22-19(3)23(27(29)31-26(22)24)14-20-7-5-4-6-8-20/h4-13H,14-16H2,1-3H3. The number of nitrogens with zero attached hydrogens (tertiary/aromatic N) is 1. The van der Waals surface area contributed by atoms with Crippen LogP contribution in [-0.4, -0.2) is 6.73 Å².